The first kappa shape index (κ1) is 12.0. The molecule has 0 aromatic rings. The first-order valence-electron chi connectivity index (χ1n) is 6.13. The Balaban J connectivity index is 2.37. The van der Waals surface area contributed by atoms with Crippen molar-refractivity contribution in [2.45, 2.75) is 46.1 Å². The third kappa shape index (κ3) is 3.58. The van der Waals surface area contributed by atoms with Crippen LogP contribution in [-0.2, 0) is 0 Å². The summed E-state index contributed by atoms with van der Waals surface area (Å²) in [5.74, 6) is 1.62. The van der Waals surface area contributed by atoms with Gasteiger partial charge in [0.05, 0.1) is 0 Å². The molecule has 2 unspecified atom stereocenters. The van der Waals surface area contributed by atoms with Gasteiger partial charge in [0.2, 0.25) is 0 Å². The second-order valence-electron chi connectivity index (χ2n) is 4.89. The summed E-state index contributed by atoms with van der Waals surface area (Å²) in [5, 5.41) is 0. The molecule has 0 aromatic heterocycles. The molecule has 1 aliphatic rings. The van der Waals surface area contributed by atoms with Gasteiger partial charge in [-0.15, -0.1) is 0 Å². The van der Waals surface area contributed by atoms with Crippen LogP contribution in [0.4, 0.5) is 0 Å². The second-order valence-corrected chi connectivity index (χ2v) is 4.89. The molecule has 2 N–H and O–H groups in total. The van der Waals surface area contributed by atoms with Gasteiger partial charge in [0, 0.05) is 12.6 Å². The monoisotopic (exact) mass is 198 g/mol. The highest BCUT2D eigenvalue weighted by Gasteiger charge is 2.27. The average Bonchev–Trinajstić information content (AvgIpc) is 2.98. The highest BCUT2D eigenvalue weighted by atomic mass is 15.2. The fraction of sp³-hybridized carbons (Fsp3) is 1.00. The van der Waals surface area contributed by atoms with Crippen molar-refractivity contribution in [3.63, 3.8) is 0 Å². The smallest absolute Gasteiger partial charge is 0.0105 e. The van der Waals surface area contributed by atoms with Crippen LogP contribution < -0.4 is 5.73 Å². The Morgan fingerprint density at radius 3 is 2.43 bits per heavy atom. The third-order valence-electron chi connectivity index (χ3n) is 3.47. The first-order valence-corrected chi connectivity index (χ1v) is 6.13. The van der Waals surface area contributed by atoms with Crippen LogP contribution in [0.25, 0.3) is 0 Å². The van der Waals surface area contributed by atoms with Gasteiger partial charge in [-0.1, -0.05) is 13.8 Å². The highest BCUT2D eigenvalue weighted by Crippen LogP contribution is 2.30. The van der Waals surface area contributed by atoms with Gasteiger partial charge in [0.1, 0.15) is 0 Å². The number of nitrogens with zero attached hydrogens (tertiary/aromatic N) is 1. The fourth-order valence-corrected chi connectivity index (χ4v) is 1.94. The van der Waals surface area contributed by atoms with E-state index in [4.69, 9.17) is 5.73 Å². The number of rotatable bonds is 7. The average molecular weight is 198 g/mol. The lowest BCUT2D eigenvalue weighted by atomic mass is 10.0. The summed E-state index contributed by atoms with van der Waals surface area (Å²) < 4.78 is 0. The molecule has 0 aromatic carbocycles. The molecule has 0 bridgehead atoms. The normalized spacial score (nSPS) is 21.2. The molecule has 14 heavy (non-hydrogen) atoms. The van der Waals surface area contributed by atoms with Crippen LogP contribution in [0.5, 0.6) is 0 Å². The maximum atomic E-state index is 5.73. The van der Waals surface area contributed by atoms with Crippen LogP contribution in [-0.4, -0.2) is 30.6 Å². The molecule has 0 radical (unpaired) electrons. The van der Waals surface area contributed by atoms with Gasteiger partial charge >= 0.3 is 0 Å². The number of nitrogens with two attached hydrogens (primary N) is 1. The predicted octanol–water partition coefficient (Wildman–Crippen LogP) is 2.09. The predicted molar refractivity (Wildman–Crippen MR) is 62.3 cm³/mol. The largest absolute Gasteiger partial charge is 0.330 e. The van der Waals surface area contributed by atoms with Crippen molar-refractivity contribution < 1.29 is 0 Å². The maximum Gasteiger partial charge on any atom is 0.0105 e. The van der Waals surface area contributed by atoms with Crippen molar-refractivity contribution in [2.24, 2.45) is 17.6 Å². The lowest BCUT2D eigenvalue weighted by Crippen LogP contribution is -2.41. The summed E-state index contributed by atoms with van der Waals surface area (Å²) in [6.45, 7) is 10.2. The molecule has 1 saturated carbocycles. The van der Waals surface area contributed by atoms with E-state index in [1.807, 2.05) is 0 Å². The lowest BCUT2D eigenvalue weighted by Gasteiger charge is -2.32. The molecule has 2 nitrogen and oxygen atoms in total. The molecule has 2 atom stereocenters. The van der Waals surface area contributed by atoms with Gasteiger partial charge in [0.25, 0.3) is 0 Å². The molecule has 0 spiro atoms. The molecule has 1 aliphatic carbocycles. The summed E-state index contributed by atoms with van der Waals surface area (Å²) in [7, 11) is 0. The van der Waals surface area contributed by atoms with Crippen LogP contribution >= 0.6 is 0 Å². The van der Waals surface area contributed by atoms with E-state index in [0.717, 1.165) is 12.5 Å². The van der Waals surface area contributed by atoms with Crippen molar-refractivity contribution in [2.75, 3.05) is 19.6 Å². The maximum absolute atomic E-state index is 5.73. The molecule has 1 fully saturated rings. The van der Waals surface area contributed by atoms with Gasteiger partial charge < -0.3 is 10.6 Å². The van der Waals surface area contributed by atoms with Gasteiger partial charge in [0.15, 0.2) is 0 Å². The van der Waals surface area contributed by atoms with E-state index in [1.165, 1.54) is 32.4 Å². The van der Waals surface area contributed by atoms with E-state index in [1.54, 1.807) is 0 Å². The highest BCUT2D eigenvalue weighted by molar-refractivity contribution is 4.81. The quantitative estimate of drug-likeness (QED) is 0.679. The minimum absolute atomic E-state index is 0.625. The molecule has 2 heteroatoms. The van der Waals surface area contributed by atoms with Crippen molar-refractivity contribution in [3.05, 3.63) is 0 Å². The molecular weight excluding hydrogens is 172 g/mol. The first-order chi connectivity index (χ1) is 6.69. The van der Waals surface area contributed by atoms with Crippen molar-refractivity contribution in [3.8, 4) is 0 Å². The Hall–Kier alpha value is -0.0800. The van der Waals surface area contributed by atoms with Crippen molar-refractivity contribution >= 4 is 0 Å². The summed E-state index contributed by atoms with van der Waals surface area (Å²) in [5.41, 5.74) is 5.73. The van der Waals surface area contributed by atoms with Crippen molar-refractivity contribution in [1.29, 1.82) is 0 Å². The molecule has 0 aliphatic heterocycles. The Morgan fingerprint density at radius 1 is 1.36 bits per heavy atom. The van der Waals surface area contributed by atoms with E-state index < -0.39 is 0 Å². The molecule has 84 valence electrons. The standard InChI is InChI=1S/C12H26N2/c1-4-7-14(9-12-5-6-12)11(3)10(2)8-13/h10-12H,4-9,13H2,1-3H3. The SMILES string of the molecule is CCCN(CC1CC1)C(C)C(C)CN. The summed E-state index contributed by atoms with van der Waals surface area (Å²) in [6, 6.07) is 0.653. The Bertz CT molecular complexity index is 154. The summed E-state index contributed by atoms with van der Waals surface area (Å²) >= 11 is 0. The zero-order valence-corrected chi connectivity index (χ0v) is 10.00. The van der Waals surface area contributed by atoms with Crippen LogP contribution in [0.2, 0.25) is 0 Å². The van der Waals surface area contributed by atoms with Crippen LogP contribution in [0, 0.1) is 11.8 Å². The molecule has 0 heterocycles. The summed E-state index contributed by atoms with van der Waals surface area (Å²) in [6.07, 6.45) is 4.15. The second kappa shape index (κ2) is 5.72. The molecule has 0 amide bonds. The Kier molecular flexibility index (Phi) is 4.90. The van der Waals surface area contributed by atoms with E-state index in [0.29, 0.717) is 12.0 Å². The number of hydrogen-bond donors (Lipinski definition) is 1. The van der Waals surface area contributed by atoms with Crippen LogP contribution in [0.1, 0.15) is 40.0 Å². The third-order valence-corrected chi connectivity index (χ3v) is 3.47. The molecule has 0 saturated heterocycles. The van der Waals surface area contributed by atoms with Gasteiger partial charge in [-0.3, -0.25) is 0 Å². The van der Waals surface area contributed by atoms with Gasteiger partial charge in [-0.25, -0.2) is 0 Å². The lowest BCUT2D eigenvalue weighted by molar-refractivity contribution is 0.157. The zero-order chi connectivity index (χ0) is 10.6. The van der Waals surface area contributed by atoms with E-state index in [-0.39, 0.29) is 0 Å². The van der Waals surface area contributed by atoms with E-state index in [9.17, 15) is 0 Å². The minimum atomic E-state index is 0.625. The fourth-order valence-electron chi connectivity index (χ4n) is 1.94. The van der Waals surface area contributed by atoms with Gasteiger partial charge in [-0.05, 0) is 51.1 Å². The Labute approximate surface area is 88.8 Å². The molecular formula is C12H26N2. The van der Waals surface area contributed by atoms with Gasteiger partial charge in [-0.2, -0.15) is 0 Å². The van der Waals surface area contributed by atoms with Crippen LogP contribution in [0.15, 0.2) is 0 Å². The topological polar surface area (TPSA) is 29.3 Å². The summed E-state index contributed by atoms with van der Waals surface area (Å²) in [4.78, 5) is 2.63. The zero-order valence-electron chi connectivity index (χ0n) is 10.00. The number of hydrogen-bond acceptors (Lipinski definition) is 2. The minimum Gasteiger partial charge on any atom is -0.330 e. The van der Waals surface area contributed by atoms with Crippen LogP contribution in [0.3, 0.4) is 0 Å². The Morgan fingerprint density at radius 2 is 2.00 bits per heavy atom. The van der Waals surface area contributed by atoms with Crippen molar-refractivity contribution in [1.82, 2.24) is 4.90 Å². The van der Waals surface area contributed by atoms with E-state index in [2.05, 4.69) is 25.7 Å². The molecule has 1 rings (SSSR count). The van der Waals surface area contributed by atoms with E-state index >= 15 is 0 Å².